The molecule has 26 heavy (non-hydrogen) atoms. The van der Waals surface area contributed by atoms with Gasteiger partial charge in [-0.25, -0.2) is 4.98 Å². The number of nitrogens with one attached hydrogen (secondary N) is 2. The molecule has 1 aliphatic heterocycles. The van der Waals surface area contributed by atoms with Crippen LogP contribution in [0.2, 0.25) is 0 Å². The van der Waals surface area contributed by atoms with Crippen LogP contribution in [0.5, 0.6) is 5.75 Å². The fourth-order valence-corrected chi connectivity index (χ4v) is 2.71. The van der Waals surface area contributed by atoms with Crippen molar-refractivity contribution in [2.24, 2.45) is 0 Å². The van der Waals surface area contributed by atoms with Gasteiger partial charge in [-0.1, -0.05) is 6.07 Å². The number of pyridine rings is 1. The number of nitrogens with zero attached hydrogens (tertiary/aromatic N) is 2. The van der Waals surface area contributed by atoms with Gasteiger partial charge in [-0.05, 0) is 24.3 Å². The van der Waals surface area contributed by atoms with Gasteiger partial charge in [0.2, 0.25) is 0 Å². The van der Waals surface area contributed by atoms with E-state index in [0.717, 1.165) is 44.3 Å². The summed E-state index contributed by atoms with van der Waals surface area (Å²) in [6.45, 7) is 4.81. The van der Waals surface area contributed by atoms with Crippen LogP contribution >= 0.6 is 0 Å². The minimum Gasteiger partial charge on any atom is -0.497 e. The van der Waals surface area contributed by atoms with Crippen LogP contribution in [0, 0.1) is 0 Å². The summed E-state index contributed by atoms with van der Waals surface area (Å²) in [5, 5.41) is 6.12. The Kier molecular flexibility index (Phi) is 6.40. The third-order valence-electron chi connectivity index (χ3n) is 4.19. The average Bonchev–Trinajstić information content (AvgIpc) is 2.69. The lowest BCUT2D eigenvalue weighted by molar-refractivity contribution is 0.0383. The zero-order chi connectivity index (χ0) is 18.2. The molecule has 1 amide bonds. The Bertz CT molecular complexity index is 715. The number of carbonyl (C=O) groups excluding carboxylic acids is 1. The van der Waals surface area contributed by atoms with Crippen molar-refractivity contribution in [1.29, 1.82) is 0 Å². The highest BCUT2D eigenvalue weighted by Gasteiger charge is 2.11. The number of anilines is 2. The highest BCUT2D eigenvalue weighted by atomic mass is 16.5. The summed E-state index contributed by atoms with van der Waals surface area (Å²) < 4.78 is 10.5. The number of methoxy groups -OCH3 is 1. The van der Waals surface area contributed by atoms with Crippen molar-refractivity contribution < 1.29 is 14.3 Å². The van der Waals surface area contributed by atoms with E-state index >= 15 is 0 Å². The van der Waals surface area contributed by atoms with E-state index < -0.39 is 0 Å². The van der Waals surface area contributed by atoms with Gasteiger partial charge in [0.1, 0.15) is 11.6 Å². The third-order valence-corrected chi connectivity index (χ3v) is 4.19. The van der Waals surface area contributed by atoms with Crippen LogP contribution < -0.4 is 15.4 Å². The van der Waals surface area contributed by atoms with Crippen LogP contribution in [0.15, 0.2) is 42.6 Å². The number of amides is 1. The van der Waals surface area contributed by atoms with Crippen molar-refractivity contribution in [3.63, 3.8) is 0 Å². The van der Waals surface area contributed by atoms with E-state index in [1.54, 1.807) is 25.4 Å². The summed E-state index contributed by atoms with van der Waals surface area (Å²) in [6, 6.07) is 11.1. The first-order valence-electron chi connectivity index (χ1n) is 8.70. The van der Waals surface area contributed by atoms with E-state index in [1.807, 2.05) is 24.3 Å². The van der Waals surface area contributed by atoms with Crippen molar-refractivity contribution >= 4 is 17.4 Å². The molecule has 1 aromatic carbocycles. The van der Waals surface area contributed by atoms with Crippen molar-refractivity contribution in [3.05, 3.63) is 48.2 Å². The van der Waals surface area contributed by atoms with E-state index in [-0.39, 0.29) is 5.91 Å². The van der Waals surface area contributed by atoms with E-state index in [4.69, 9.17) is 9.47 Å². The Balaban J connectivity index is 1.49. The van der Waals surface area contributed by atoms with E-state index in [1.165, 1.54) is 0 Å². The standard InChI is InChI=1S/C19H24N4O3/c1-25-17-4-2-3-16(13-17)22-18-6-5-15(14-21-18)19(24)20-7-8-23-9-11-26-12-10-23/h2-6,13-14H,7-12H2,1H3,(H,20,24)(H,21,22). The molecule has 0 spiro atoms. The van der Waals surface area contributed by atoms with Gasteiger partial charge >= 0.3 is 0 Å². The van der Waals surface area contributed by atoms with Gasteiger partial charge in [0.25, 0.3) is 5.91 Å². The summed E-state index contributed by atoms with van der Waals surface area (Å²) in [4.78, 5) is 18.8. The van der Waals surface area contributed by atoms with Gasteiger partial charge in [-0.2, -0.15) is 0 Å². The number of ether oxygens (including phenoxy) is 2. The number of aromatic nitrogens is 1. The molecule has 0 saturated carbocycles. The van der Waals surface area contributed by atoms with Crippen molar-refractivity contribution in [2.45, 2.75) is 0 Å². The molecule has 1 saturated heterocycles. The summed E-state index contributed by atoms with van der Waals surface area (Å²) in [5.41, 5.74) is 1.42. The van der Waals surface area contributed by atoms with E-state index in [9.17, 15) is 4.79 Å². The number of morpholine rings is 1. The van der Waals surface area contributed by atoms with Gasteiger partial charge in [-0.3, -0.25) is 9.69 Å². The molecule has 0 atom stereocenters. The average molecular weight is 356 g/mol. The molecule has 2 N–H and O–H groups in total. The zero-order valence-electron chi connectivity index (χ0n) is 14.9. The maximum absolute atomic E-state index is 12.2. The molecule has 1 aliphatic rings. The summed E-state index contributed by atoms with van der Waals surface area (Å²) >= 11 is 0. The number of carbonyl (C=O) groups is 1. The molecular weight excluding hydrogens is 332 g/mol. The molecule has 7 heteroatoms. The van der Waals surface area contributed by atoms with Crippen molar-refractivity contribution in [2.75, 3.05) is 51.8 Å². The van der Waals surface area contributed by atoms with Gasteiger partial charge in [0, 0.05) is 44.1 Å². The molecule has 7 nitrogen and oxygen atoms in total. The van der Waals surface area contributed by atoms with Crippen LogP contribution in [0.3, 0.4) is 0 Å². The topological polar surface area (TPSA) is 75.7 Å². The molecule has 3 rings (SSSR count). The number of rotatable bonds is 7. The predicted octanol–water partition coefficient (Wildman–Crippen LogP) is 1.90. The second-order valence-corrected chi connectivity index (χ2v) is 6.00. The molecule has 1 fully saturated rings. The molecule has 0 radical (unpaired) electrons. The van der Waals surface area contributed by atoms with Crippen LogP contribution in [0.1, 0.15) is 10.4 Å². The second-order valence-electron chi connectivity index (χ2n) is 6.00. The van der Waals surface area contributed by atoms with E-state index in [2.05, 4.69) is 20.5 Å². The molecule has 0 unspecified atom stereocenters. The molecule has 2 aromatic rings. The van der Waals surface area contributed by atoms with Gasteiger partial charge in [0.05, 0.1) is 25.9 Å². The maximum Gasteiger partial charge on any atom is 0.252 e. The smallest absolute Gasteiger partial charge is 0.252 e. The van der Waals surface area contributed by atoms with E-state index in [0.29, 0.717) is 17.9 Å². The number of benzene rings is 1. The normalized spacial score (nSPS) is 14.7. The Hall–Kier alpha value is -2.64. The Labute approximate surface area is 153 Å². The van der Waals surface area contributed by atoms with Gasteiger partial charge in [0.15, 0.2) is 0 Å². The molecule has 0 bridgehead atoms. The van der Waals surface area contributed by atoms with Crippen molar-refractivity contribution in [3.8, 4) is 5.75 Å². The highest BCUT2D eigenvalue weighted by molar-refractivity contribution is 5.94. The molecule has 2 heterocycles. The minimum absolute atomic E-state index is 0.112. The number of hydrogen-bond donors (Lipinski definition) is 2. The molecule has 138 valence electrons. The zero-order valence-corrected chi connectivity index (χ0v) is 14.9. The quantitative estimate of drug-likeness (QED) is 0.789. The fraction of sp³-hybridized carbons (Fsp3) is 0.368. The van der Waals surface area contributed by atoms with Gasteiger partial charge < -0.3 is 20.1 Å². The third kappa shape index (κ3) is 5.18. The van der Waals surface area contributed by atoms with Crippen LogP contribution in [0.4, 0.5) is 11.5 Å². The van der Waals surface area contributed by atoms with Crippen molar-refractivity contribution in [1.82, 2.24) is 15.2 Å². The Morgan fingerprint density at radius 1 is 1.27 bits per heavy atom. The summed E-state index contributed by atoms with van der Waals surface area (Å²) in [7, 11) is 1.63. The Morgan fingerprint density at radius 3 is 2.85 bits per heavy atom. The lowest BCUT2D eigenvalue weighted by Gasteiger charge is -2.26. The summed E-state index contributed by atoms with van der Waals surface area (Å²) in [6.07, 6.45) is 1.58. The maximum atomic E-state index is 12.2. The van der Waals surface area contributed by atoms with Gasteiger partial charge in [-0.15, -0.1) is 0 Å². The van der Waals surface area contributed by atoms with Crippen LogP contribution in [0.25, 0.3) is 0 Å². The SMILES string of the molecule is COc1cccc(Nc2ccc(C(=O)NCCN3CCOCC3)cn2)c1. The number of hydrogen-bond acceptors (Lipinski definition) is 6. The minimum atomic E-state index is -0.112. The summed E-state index contributed by atoms with van der Waals surface area (Å²) in [5.74, 6) is 1.33. The lowest BCUT2D eigenvalue weighted by atomic mass is 10.2. The van der Waals surface area contributed by atoms with Crippen LogP contribution in [-0.4, -0.2) is 62.3 Å². The monoisotopic (exact) mass is 356 g/mol. The second kappa shape index (κ2) is 9.17. The Morgan fingerprint density at radius 2 is 2.12 bits per heavy atom. The first kappa shape index (κ1) is 18.2. The molecule has 0 aliphatic carbocycles. The molecule has 1 aromatic heterocycles. The first-order chi connectivity index (χ1) is 12.7. The lowest BCUT2D eigenvalue weighted by Crippen LogP contribution is -2.41. The predicted molar refractivity (Wildman–Crippen MR) is 100 cm³/mol. The largest absolute Gasteiger partial charge is 0.497 e. The van der Waals surface area contributed by atoms with Crippen LogP contribution in [-0.2, 0) is 4.74 Å². The highest BCUT2D eigenvalue weighted by Crippen LogP contribution is 2.20. The fourth-order valence-electron chi connectivity index (χ4n) is 2.71. The molecular formula is C19H24N4O3. The first-order valence-corrected chi connectivity index (χ1v) is 8.70.